The van der Waals surface area contributed by atoms with Crippen molar-refractivity contribution in [2.24, 2.45) is 5.92 Å². The van der Waals surface area contributed by atoms with Crippen molar-refractivity contribution < 1.29 is 17.9 Å². The summed E-state index contributed by atoms with van der Waals surface area (Å²) < 4.78 is 30.3. The van der Waals surface area contributed by atoms with Gasteiger partial charge in [0.1, 0.15) is 6.61 Å². The molecule has 2 atom stereocenters. The van der Waals surface area contributed by atoms with Gasteiger partial charge in [0.05, 0.1) is 23.1 Å². The van der Waals surface area contributed by atoms with Crippen LogP contribution in [-0.4, -0.2) is 49.0 Å². The summed E-state index contributed by atoms with van der Waals surface area (Å²) in [6, 6.07) is 6.73. The van der Waals surface area contributed by atoms with Gasteiger partial charge in [-0.05, 0) is 57.2 Å². The van der Waals surface area contributed by atoms with Crippen LogP contribution in [0.2, 0.25) is 5.02 Å². The van der Waals surface area contributed by atoms with Gasteiger partial charge in [0, 0.05) is 11.1 Å². The first-order valence-corrected chi connectivity index (χ1v) is 11.0. The summed E-state index contributed by atoms with van der Waals surface area (Å²) >= 11 is 5.98. The maximum absolute atomic E-state index is 12.8. The number of hydrogen-bond donors (Lipinski definition) is 0. The summed E-state index contributed by atoms with van der Waals surface area (Å²) in [5.41, 5.74) is 0.918. The molecule has 2 fully saturated rings. The van der Waals surface area contributed by atoms with Gasteiger partial charge in [0.2, 0.25) is 5.91 Å². The number of ether oxygens (including phenoxy) is 1. The van der Waals surface area contributed by atoms with Crippen molar-refractivity contribution >= 4 is 27.3 Å². The van der Waals surface area contributed by atoms with Gasteiger partial charge < -0.3 is 9.64 Å². The lowest BCUT2D eigenvalue weighted by Crippen LogP contribution is -2.54. The second-order valence-electron chi connectivity index (χ2n) is 8.18. The third kappa shape index (κ3) is 4.07. The highest BCUT2D eigenvalue weighted by molar-refractivity contribution is 7.92. The van der Waals surface area contributed by atoms with Gasteiger partial charge in [-0.1, -0.05) is 23.7 Å². The Morgan fingerprint density at radius 3 is 2.38 bits per heavy atom. The van der Waals surface area contributed by atoms with Crippen LogP contribution in [0, 0.1) is 5.92 Å². The molecule has 0 spiro atoms. The molecule has 1 aromatic rings. The second kappa shape index (κ2) is 7.13. The molecule has 1 aliphatic heterocycles. The Hall–Kier alpha value is -1.11. The van der Waals surface area contributed by atoms with Crippen molar-refractivity contribution in [1.82, 2.24) is 4.90 Å². The van der Waals surface area contributed by atoms with Crippen molar-refractivity contribution in [3.63, 3.8) is 0 Å². The van der Waals surface area contributed by atoms with Gasteiger partial charge in [-0.25, -0.2) is 8.42 Å². The predicted octanol–water partition coefficient (Wildman–Crippen LogP) is 3.23. The molecule has 0 aromatic heterocycles. The first-order valence-electron chi connectivity index (χ1n) is 8.97. The van der Waals surface area contributed by atoms with Gasteiger partial charge in [-0.15, -0.1) is 0 Å². The zero-order valence-corrected chi connectivity index (χ0v) is 17.0. The van der Waals surface area contributed by atoms with Gasteiger partial charge in [-0.2, -0.15) is 0 Å². The summed E-state index contributed by atoms with van der Waals surface area (Å²) in [5.74, 6) is 0.0953. The summed E-state index contributed by atoms with van der Waals surface area (Å²) in [7, 11) is -3.34. The molecule has 2 aliphatic rings. The van der Waals surface area contributed by atoms with Gasteiger partial charge in [-0.3, -0.25) is 4.79 Å². The minimum Gasteiger partial charge on any atom is -0.369 e. The Balaban J connectivity index is 1.94. The second-order valence-corrected chi connectivity index (χ2v) is 11.4. The molecular weight excluding hydrogens is 374 g/mol. The fraction of sp³-hybridized carbons (Fsp3) is 0.632. The lowest BCUT2D eigenvalue weighted by Gasteiger charge is -2.42. The van der Waals surface area contributed by atoms with Gasteiger partial charge in [0.25, 0.3) is 0 Å². The van der Waals surface area contributed by atoms with E-state index >= 15 is 0 Å². The number of halogens is 1. The lowest BCUT2D eigenvalue weighted by atomic mass is 10.0. The number of rotatable bonds is 5. The van der Waals surface area contributed by atoms with E-state index < -0.39 is 14.6 Å². The number of nitrogens with zero attached hydrogens (tertiary/aromatic N) is 1. The van der Waals surface area contributed by atoms with Crippen LogP contribution < -0.4 is 0 Å². The smallest absolute Gasteiger partial charge is 0.249 e. The number of morpholine rings is 1. The molecule has 1 saturated carbocycles. The van der Waals surface area contributed by atoms with Crippen LogP contribution in [-0.2, 0) is 19.4 Å². The van der Waals surface area contributed by atoms with E-state index in [0.717, 1.165) is 18.4 Å². The summed E-state index contributed by atoms with van der Waals surface area (Å²) in [4.78, 5) is 14.5. The zero-order chi connectivity index (χ0) is 19.1. The first-order chi connectivity index (χ1) is 12.1. The average molecular weight is 400 g/mol. The molecule has 0 radical (unpaired) electrons. The molecule has 2 unspecified atom stereocenters. The van der Waals surface area contributed by atoms with Crippen molar-refractivity contribution in [2.75, 3.05) is 19.0 Å². The van der Waals surface area contributed by atoms with E-state index in [1.54, 1.807) is 37.8 Å². The number of benzene rings is 1. The standard InChI is InChI=1S/C19H26ClNO4S/c1-19(2,3)26(23,24)12-17(14-4-5-14)21-16(10-25-11-18(21)22)13-6-8-15(20)9-7-13/h6-9,14,16-17H,4-5,10-12H2,1-3H3. The SMILES string of the molecule is CC(C)(C)S(=O)(=O)CC(C1CC1)N1C(=O)COCC1c1ccc(Cl)cc1. The van der Waals surface area contributed by atoms with E-state index in [9.17, 15) is 13.2 Å². The van der Waals surface area contributed by atoms with Crippen molar-refractivity contribution in [2.45, 2.75) is 50.4 Å². The van der Waals surface area contributed by atoms with E-state index in [4.69, 9.17) is 16.3 Å². The number of amides is 1. The Morgan fingerprint density at radius 2 is 1.85 bits per heavy atom. The van der Waals surface area contributed by atoms with Crippen LogP contribution in [0.5, 0.6) is 0 Å². The topological polar surface area (TPSA) is 63.7 Å². The van der Waals surface area contributed by atoms with Gasteiger partial charge >= 0.3 is 0 Å². The highest BCUT2D eigenvalue weighted by Crippen LogP contribution is 2.41. The van der Waals surface area contributed by atoms with Crippen molar-refractivity contribution in [3.05, 3.63) is 34.9 Å². The number of hydrogen-bond acceptors (Lipinski definition) is 4. The van der Waals surface area contributed by atoms with E-state index in [1.807, 2.05) is 12.1 Å². The van der Waals surface area contributed by atoms with E-state index in [0.29, 0.717) is 11.6 Å². The highest BCUT2D eigenvalue weighted by Gasteiger charge is 2.46. The van der Waals surface area contributed by atoms with Crippen molar-refractivity contribution in [3.8, 4) is 0 Å². The minimum absolute atomic E-state index is 0.00285. The largest absolute Gasteiger partial charge is 0.369 e. The van der Waals surface area contributed by atoms with Crippen LogP contribution in [0.3, 0.4) is 0 Å². The van der Waals surface area contributed by atoms with Crippen molar-refractivity contribution in [1.29, 1.82) is 0 Å². The molecule has 1 heterocycles. The summed E-state index contributed by atoms with van der Waals surface area (Å²) in [5, 5.41) is 0.623. The molecule has 0 bridgehead atoms. The predicted molar refractivity (Wildman–Crippen MR) is 102 cm³/mol. The quantitative estimate of drug-likeness (QED) is 0.762. The molecule has 0 N–H and O–H groups in total. The maximum Gasteiger partial charge on any atom is 0.249 e. The minimum atomic E-state index is -3.34. The van der Waals surface area contributed by atoms with Crippen LogP contribution in [0.4, 0.5) is 0 Å². The Bertz CT molecular complexity index is 766. The fourth-order valence-electron chi connectivity index (χ4n) is 3.34. The fourth-order valence-corrected chi connectivity index (χ4v) is 4.85. The molecule has 1 aromatic carbocycles. The maximum atomic E-state index is 12.8. The Morgan fingerprint density at radius 1 is 1.23 bits per heavy atom. The zero-order valence-electron chi connectivity index (χ0n) is 15.4. The van der Waals surface area contributed by atoms with Crippen LogP contribution >= 0.6 is 11.6 Å². The molecule has 7 heteroatoms. The molecular formula is C19H26ClNO4S. The van der Waals surface area contributed by atoms with E-state index in [1.165, 1.54) is 0 Å². The third-order valence-corrected chi connectivity index (χ3v) is 8.12. The van der Waals surface area contributed by atoms with E-state index in [2.05, 4.69) is 0 Å². The molecule has 3 rings (SSSR count). The summed E-state index contributed by atoms with van der Waals surface area (Å²) in [6.45, 7) is 5.51. The third-order valence-electron chi connectivity index (χ3n) is 5.23. The van der Waals surface area contributed by atoms with E-state index in [-0.39, 0.29) is 36.3 Å². The normalized spacial score (nSPS) is 23.2. The summed E-state index contributed by atoms with van der Waals surface area (Å²) in [6.07, 6.45) is 1.92. The van der Waals surface area contributed by atoms with Crippen LogP contribution in [0.25, 0.3) is 0 Å². The number of carbonyl (C=O) groups excluding carboxylic acids is 1. The van der Waals surface area contributed by atoms with Gasteiger partial charge in [0.15, 0.2) is 9.84 Å². The molecule has 5 nitrogen and oxygen atoms in total. The molecule has 1 saturated heterocycles. The lowest BCUT2D eigenvalue weighted by molar-refractivity contribution is -0.152. The molecule has 1 aliphatic carbocycles. The van der Waals surface area contributed by atoms with Crippen LogP contribution in [0.1, 0.15) is 45.2 Å². The average Bonchev–Trinajstić information content (AvgIpc) is 3.37. The Kier molecular flexibility index (Phi) is 5.39. The number of carbonyl (C=O) groups is 1. The molecule has 26 heavy (non-hydrogen) atoms. The highest BCUT2D eigenvalue weighted by atomic mass is 35.5. The molecule has 1 amide bonds. The van der Waals surface area contributed by atoms with Crippen LogP contribution in [0.15, 0.2) is 24.3 Å². The first kappa shape index (κ1) is 19.6. The molecule has 144 valence electrons. The Labute approximate surface area is 160 Å². The number of sulfone groups is 1. The monoisotopic (exact) mass is 399 g/mol.